The molecule has 3 nitrogen and oxygen atoms in total. The summed E-state index contributed by atoms with van der Waals surface area (Å²) in [6, 6.07) is 7.03. The van der Waals surface area contributed by atoms with Gasteiger partial charge in [0.05, 0.1) is 6.61 Å². The molecular weight excluding hydrogens is 247 g/mol. The Kier molecular flexibility index (Phi) is 3.38. The lowest BCUT2D eigenvalue weighted by molar-refractivity contribution is -0.325. The van der Waals surface area contributed by atoms with Crippen LogP contribution >= 0.6 is 0 Å². The molecule has 0 saturated carbocycles. The molecule has 1 aromatic heterocycles. The number of alkyl halides is 3. The van der Waals surface area contributed by atoms with Crippen molar-refractivity contribution < 1.29 is 22.7 Å². The lowest BCUT2D eigenvalue weighted by atomic mass is 10.2. The molecule has 0 aliphatic heterocycles. The van der Waals surface area contributed by atoms with Crippen molar-refractivity contribution in [3.63, 3.8) is 0 Å². The van der Waals surface area contributed by atoms with Crippen LogP contribution < -0.4 is 0 Å². The van der Waals surface area contributed by atoms with Gasteiger partial charge in [-0.15, -0.1) is 13.2 Å². The molecule has 0 amide bonds. The number of benzene rings is 1. The van der Waals surface area contributed by atoms with Crippen LogP contribution in [0.3, 0.4) is 0 Å². The van der Waals surface area contributed by atoms with E-state index in [9.17, 15) is 18.0 Å². The SMILES string of the molecule is O=Cc1cn(CCOC(F)(F)F)c2ccccc12. The Bertz CT molecular complexity index is 560. The van der Waals surface area contributed by atoms with Gasteiger partial charge >= 0.3 is 6.36 Å². The molecule has 18 heavy (non-hydrogen) atoms. The fourth-order valence-corrected chi connectivity index (χ4v) is 1.81. The van der Waals surface area contributed by atoms with Crippen LogP contribution in [0.5, 0.6) is 0 Å². The summed E-state index contributed by atoms with van der Waals surface area (Å²) in [4.78, 5) is 10.8. The number of fused-ring (bicyclic) bond motifs is 1. The van der Waals surface area contributed by atoms with Crippen LogP contribution in [-0.2, 0) is 11.3 Å². The maximum Gasteiger partial charge on any atom is 0.522 e. The van der Waals surface area contributed by atoms with E-state index in [1.807, 2.05) is 0 Å². The Morgan fingerprint density at radius 1 is 1.28 bits per heavy atom. The zero-order chi connectivity index (χ0) is 13.2. The van der Waals surface area contributed by atoms with E-state index in [2.05, 4.69) is 4.74 Å². The van der Waals surface area contributed by atoms with Gasteiger partial charge in [-0.25, -0.2) is 0 Å². The molecule has 0 atom stereocenters. The third-order valence-electron chi connectivity index (χ3n) is 2.54. The zero-order valence-electron chi connectivity index (χ0n) is 9.28. The molecule has 6 heteroatoms. The number of aldehydes is 1. The number of hydrogen-bond acceptors (Lipinski definition) is 2. The first-order valence-electron chi connectivity index (χ1n) is 5.25. The minimum Gasteiger partial charge on any atom is -0.344 e. The summed E-state index contributed by atoms with van der Waals surface area (Å²) >= 11 is 0. The van der Waals surface area contributed by atoms with Crippen LogP contribution in [0.25, 0.3) is 10.9 Å². The Morgan fingerprint density at radius 2 is 2.00 bits per heavy atom. The van der Waals surface area contributed by atoms with Crippen molar-refractivity contribution in [3.8, 4) is 0 Å². The van der Waals surface area contributed by atoms with Gasteiger partial charge in [-0.1, -0.05) is 18.2 Å². The summed E-state index contributed by atoms with van der Waals surface area (Å²) in [6.45, 7) is -0.450. The van der Waals surface area contributed by atoms with Gasteiger partial charge in [0.2, 0.25) is 0 Å². The smallest absolute Gasteiger partial charge is 0.344 e. The van der Waals surface area contributed by atoms with Gasteiger partial charge in [0.25, 0.3) is 0 Å². The molecule has 0 aliphatic carbocycles. The van der Waals surface area contributed by atoms with Crippen molar-refractivity contribution in [1.29, 1.82) is 0 Å². The lowest BCUT2D eigenvalue weighted by Crippen LogP contribution is -2.17. The van der Waals surface area contributed by atoms with Crippen molar-refractivity contribution in [3.05, 3.63) is 36.0 Å². The summed E-state index contributed by atoms with van der Waals surface area (Å²) in [5.41, 5.74) is 1.17. The topological polar surface area (TPSA) is 31.2 Å². The Balaban J connectivity index is 2.21. The molecule has 0 bridgehead atoms. The van der Waals surface area contributed by atoms with E-state index in [1.54, 1.807) is 28.8 Å². The minimum absolute atomic E-state index is 0.0356. The highest BCUT2D eigenvalue weighted by atomic mass is 19.4. The molecule has 2 rings (SSSR count). The quantitative estimate of drug-likeness (QED) is 0.788. The van der Waals surface area contributed by atoms with Crippen molar-refractivity contribution in [1.82, 2.24) is 4.57 Å². The lowest BCUT2D eigenvalue weighted by Gasteiger charge is -2.08. The number of carbonyl (C=O) groups excluding carboxylic acids is 1. The summed E-state index contributed by atoms with van der Waals surface area (Å²) in [6.07, 6.45) is -2.42. The molecular formula is C12H10F3NO2. The van der Waals surface area contributed by atoms with Gasteiger partial charge in [0.1, 0.15) is 0 Å². The molecule has 0 spiro atoms. The van der Waals surface area contributed by atoms with Crippen molar-refractivity contribution >= 4 is 17.2 Å². The highest BCUT2D eigenvalue weighted by Crippen LogP contribution is 2.21. The first-order valence-corrected chi connectivity index (χ1v) is 5.25. The van der Waals surface area contributed by atoms with Crippen LogP contribution in [-0.4, -0.2) is 23.8 Å². The second kappa shape index (κ2) is 4.81. The number of para-hydroxylation sites is 1. The van der Waals surface area contributed by atoms with Gasteiger partial charge < -0.3 is 4.57 Å². The first kappa shape index (κ1) is 12.6. The van der Waals surface area contributed by atoms with Crippen molar-refractivity contribution in [2.75, 3.05) is 6.61 Å². The molecule has 0 fully saturated rings. The normalized spacial score (nSPS) is 11.9. The summed E-state index contributed by atoms with van der Waals surface area (Å²) in [5, 5.41) is 0.722. The third-order valence-corrected chi connectivity index (χ3v) is 2.54. The maximum atomic E-state index is 11.9. The van der Waals surface area contributed by atoms with Crippen LogP contribution in [0, 0.1) is 0 Å². The molecule has 96 valence electrons. The third kappa shape index (κ3) is 2.70. The van der Waals surface area contributed by atoms with Crippen LogP contribution in [0.2, 0.25) is 0 Å². The van der Waals surface area contributed by atoms with E-state index in [1.165, 1.54) is 6.20 Å². The Hall–Kier alpha value is -1.82. The molecule has 2 aromatic rings. The fraction of sp³-hybridized carbons (Fsp3) is 0.250. The second-order valence-electron chi connectivity index (χ2n) is 3.71. The molecule has 0 aliphatic rings. The average Bonchev–Trinajstić information content (AvgIpc) is 2.66. The second-order valence-corrected chi connectivity index (χ2v) is 3.71. The monoisotopic (exact) mass is 257 g/mol. The van der Waals surface area contributed by atoms with Gasteiger partial charge in [0.15, 0.2) is 6.29 Å². The molecule has 1 heterocycles. The number of hydrogen-bond donors (Lipinski definition) is 0. The van der Waals surface area contributed by atoms with Gasteiger partial charge in [0, 0.05) is 29.2 Å². The van der Waals surface area contributed by atoms with E-state index < -0.39 is 13.0 Å². The first-order chi connectivity index (χ1) is 8.51. The number of rotatable bonds is 4. The molecule has 0 saturated heterocycles. The summed E-state index contributed by atoms with van der Waals surface area (Å²) in [7, 11) is 0. The number of aromatic nitrogens is 1. The van der Waals surface area contributed by atoms with Gasteiger partial charge in [-0.05, 0) is 6.07 Å². The number of carbonyl (C=O) groups is 1. The number of halogens is 3. The highest BCUT2D eigenvalue weighted by Gasteiger charge is 2.28. The predicted molar refractivity (Wildman–Crippen MR) is 59.3 cm³/mol. The average molecular weight is 257 g/mol. The van der Waals surface area contributed by atoms with E-state index in [4.69, 9.17) is 0 Å². The Morgan fingerprint density at radius 3 is 2.67 bits per heavy atom. The van der Waals surface area contributed by atoms with E-state index in [0.717, 1.165) is 5.39 Å². The van der Waals surface area contributed by atoms with Crippen molar-refractivity contribution in [2.24, 2.45) is 0 Å². The van der Waals surface area contributed by atoms with E-state index >= 15 is 0 Å². The largest absolute Gasteiger partial charge is 0.522 e. The van der Waals surface area contributed by atoms with Gasteiger partial charge in [-0.2, -0.15) is 0 Å². The van der Waals surface area contributed by atoms with Crippen molar-refractivity contribution in [2.45, 2.75) is 12.9 Å². The molecule has 0 N–H and O–H groups in total. The van der Waals surface area contributed by atoms with E-state index in [0.29, 0.717) is 17.4 Å². The molecule has 1 aromatic carbocycles. The minimum atomic E-state index is -4.63. The summed E-state index contributed by atoms with van der Waals surface area (Å²) in [5.74, 6) is 0. The standard InChI is InChI=1S/C12H10F3NO2/c13-12(14,15)18-6-5-16-7-9(8-17)10-3-1-2-4-11(10)16/h1-4,7-8H,5-6H2. The van der Waals surface area contributed by atoms with E-state index in [-0.39, 0.29) is 6.54 Å². The summed E-state index contributed by atoms with van der Waals surface area (Å²) < 4.78 is 40.9. The molecule has 0 radical (unpaired) electrons. The fourth-order valence-electron chi connectivity index (χ4n) is 1.81. The van der Waals surface area contributed by atoms with Crippen LogP contribution in [0.4, 0.5) is 13.2 Å². The Labute approximate surface area is 101 Å². The molecule has 0 unspecified atom stereocenters. The van der Waals surface area contributed by atoms with Crippen LogP contribution in [0.15, 0.2) is 30.5 Å². The number of ether oxygens (including phenoxy) is 1. The predicted octanol–water partition coefficient (Wildman–Crippen LogP) is 2.99. The van der Waals surface area contributed by atoms with Gasteiger partial charge in [-0.3, -0.25) is 9.53 Å². The highest BCUT2D eigenvalue weighted by molar-refractivity contribution is 5.97. The zero-order valence-corrected chi connectivity index (χ0v) is 9.28. The van der Waals surface area contributed by atoms with Crippen LogP contribution in [0.1, 0.15) is 10.4 Å². The number of nitrogens with zero attached hydrogens (tertiary/aromatic N) is 1. The maximum absolute atomic E-state index is 11.9.